The van der Waals surface area contributed by atoms with E-state index < -0.39 is 30.0 Å². The molecule has 0 bridgehead atoms. The lowest BCUT2D eigenvalue weighted by Gasteiger charge is -2.11. The lowest BCUT2D eigenvalue weighted by atomic mass is 10.3. The van der Waals surface area contributed by atoms with Crippen LogP contribution in [-0.2, 0) is 9.59 Å². The number of carboxylic acid groups (broad SMARTS) is 2. The maximum Gasteiger partial charge on any atom is 0.344 e. The fraction of sp³-hybridized carbons (Fsp3) is 0.138. The summed E-state index contributed by atoms with van der Waals surface area (Å²) in [4.78, 5) is 25.1. The lowest BCUT2D eigenvalue weighted by molar-refractivity contribution is -0.145. The maximum absolute atomic E-state index is 13.5. The van der Waals surface area contributed by atoms with E-state index in [0.29, 0.717) is 38.8 Å². The summed E-state index contributed by atoms with van der Waals surface area (Å²) in [5, 5.41) is 18.6. The van der Waals surface area contributed by atoms with Gasteiger partial charge in [0, 0.05) is 11.2 Å². The predicted molar refractivity (Wildman–Crippen MR) is 154 cm³/mol. The quantitative estimate of drug-likeness (QED) is 0.177. The van der Waals surface area contributed by atoms with Gasteiger partial charge in [0.25, 0.3) is 5.88 Å². The first-order valence-corrected chi connectivity index (χ1v) is 13.2. The van der Waals surface area contributed by atoms with Gasteiger partial charge in [-0.25, -0.2) is 19.0 Å². The van der Waals surface area contributed by atoms with Gasteiger partial charge in [0.2, 0.25) is 0 Å². The molecule has 13 heteroatoms. The smallest absolute Gasteiger partial charge is 0.344 e. The molecule has 9 nitrogen and oxygen atoms in total. The minimum Gasteiger partial charge on any atom is -0.479 e. The monoisotopic (exact) mass is 637 g/mol. The van der Waals surface area contributed by atoms with Gasteiger partial charge in [-0.3, -0.25) is 0 Å². The van der Waals surface area contributed by atoms with Gasteiger partial charge in [-0.05, 0) is 86.6 Å². The second kappa shape index (κ2) is 15.1. The number of aliphatic carboxylic acids is 2. The average Bonchev–Trinajstić information content (AvgIpc) is 2.94. The Kier molecular flexibility index (Phi) is 11.6. The van der Waals surface area contributed by atoms with Crippen LogP contribution in [0.2, 0.25) is 15.1 Å². The molecule has 3 aromatic carbocycles. The molecule has 0 spiro atoms. The zero-order valence-electron chi connectivity index (χ0n) is 22.0. The normalized spacial score (nSPS) is 11.8. The molecule has 2 atom stereocenters. The number of carbonyl (C=O) groups is 2. The topological polar surface area (TPSA) is 124 Å². The van der Waals surface area contributed by atoms with E-state index in [1.807, 2.05) is 0 Å². The van der Waals surface area contributed by atoms with Crippen molar-refractivity contribution in [3.63, 3.8) is 0 Å². The number of ether oxygens (including phenoxy) is 4. The van der Waals surface area contributed by atoms with Crippen molar-refractivity contribution in [1.82, 2.24) is 4.98 Å². The maximum atomic E-state index is 13.5. The first-order chi connectivity index (χ1) is 19.9. The number of hydrogen-bond acceptors (Lipinski definition) is 7. The molecule has 0 radical (unpaired) electrons. The highest BCUT2D eigenvalue weighted by Gasteiger charge is 2.14. The number of nitrogens with zero attached hydrogens (tertiary/aromatic N) is 1. The van der Waals surface area contributed by atoms with Gasteiger partial charge in [-0.1, -0.05) is 34.8 Å². The van der Waals surface area contributed by atoms with Gasteiger partial charge in [0.15, 0.2) is 18.0 Å². The van der Waals surface area contributed by atoms with Crippen molar-refractivity contribution < 1.29 is 43.1 Å². The van der Waals surface area contributed by atoms with Crippen LogP contribution in [0, 0.1) is 5.82 Å². The summed E-state index contributed by atoms with van der Waals surface area (Å²) in [6.07, 6.45) is -0.610. The molecular weight excluding hydrogens is 616 g/mol. The fourth-order valence-corrected chi connectivity index (χ4v) is 3.55. The molecule has 4 rings (SSSR count). The van der Waals surface area contributed by atoms with Crippen LogP contribution >= 0.6 is 34.8 Å². The van der Waals surface area contributed by atoms with Crippen molar-refractivity contribution in [2.24, 2.45) is 0 Å². The lowest BCUT2D eigenvalue weighted by Crippen LogP contribution is -2.22. The number of pyridine rings is 1. The second-order valence-electron chi connectivity index (χ2n) is 8.36. The zero-order valence-corrected chi connectivity index (χ0v) is 24.2. The summed E-state index contributed by atoms with van der Waals surface area (Å²) in [5.41, 5.74) is 0. The van der Waals surface area contributed by atoms with Crippen molar-refractivity contribution in [2.45, 2.75) is 26.1 Å². The Morgan fingerprint density at radius 2 is 1.19 bits per heavy atom. The van der Waals surface area contributed by atoms with E-state index in [9.17, 15) is 14.0 Å². The van der Waals surface area contributed by atoms with E-state index in [0.717, 1.165) is 6.07 Å². The highest BCUT2D eigenvalue weighted by molar-refractivity contribution is 6.35. The largest absolute Gasteiger partial charge is 0.479 e. The van der Waals surface area contributed by atoms with Crippen molar-refractivity contribution >= 4 is 46.7 Å². The molecule has 1 aromatic heterocycles. The van der Waals surface area contributed by atoms with Gasteiger partial charge in [0.1, 0.15) is 28.7 Å². The Balaban J connectivity index is 0.000000230. The van der Waals surface area contributed by atoms with Gasteiger partial charge >= 0.3 is 11.9 Å². The Hall–Kier alpha value is -4.25. The fourth-order valence-electron chi connectivity index (χ4n) is 2.96. The molecule has 1 unspecified atom stereocenters. The Bertz CT molecular complexity index is 1410. The summed E-state index contributed by atoms with van der Waals surface area (Å²) in [6.45, 7) is 2.87. The number of rotatable bonds is 10. The van der Waals surface area contributed by atoms with Gasteiger partial charge in [-0.15, -0.1) is 0 Å². The van der Waals surface area contributed by atoms with E-state index in [1.54, 1.807) is 42.5 Å². The summed E-state index contributed by atoms with van der Waals surface area (Å²) in [7, 11) is 0. The Morgan fingerprint density at radius 3 is 1.64 bits per heavy atom. The van der Waals surface area contributed by atoms with Crippen LogP contribution in [-0.4, -0.2) is 39.3 Å². The third kappa shape index (κ3) is 9.99. The van der Waals surface area contributed by atoms with Crippen LogP contribution in [0.4, 0.5) is 4.39 Å². The molecule has 0 aliphatic rings. The second-order valence-corrected chi connectivity index (χ2v) is 9.64. The molecule has 220 valence electrons. The predicted octanol–water partition coefficient (Wildman–Crippen LogP) is 8.16. The number of hydrogen-bond donors (Lipinski definition) is 2. The molecule has 0 aliphatic carbocycles. The van der Waals surface area contributed by atoms with E-state index in [1.165, 1.54) is 44.3 Å². The van der Waals surface area contributed by atoms with Crippen LogP contribution in [0.25, 0.3) is 0 Å². The SMILES string of the molecule is CC(Oc1ccc(Oc2ccc(Cl)cc2Cl)cc1)C(=O)O.C[C@@H](Oc1ccc(Oc2ncc(Cl)cc2F)cc1)C(=O)O. The summed E-state index contributed by atoms with van der Waals surface area (Å²) in [5.74, 6) is -0.802. The van der Waals surface area contributed by atoms with E-state index in [4.69, 9.17) is 64.0 Å². The van der Waals surface area contributed by atoms with Gasteiger partial charge in [-0.2, -0.15) is 0 Å². The molecule has 2 N–H and O–H groups in total. The molecule has 0 amide bonds. The third-order valence-corrected chi connectivity index (χ3v) is 5.82. The van der Waals surface area contributed by atoms with Crippen molar-refractivity contribution in [1.29, 1.82) is 0 Å². The van der Waals surface area contributed by atoms with Crippen LogP contribution in [0.15, 0.2) is 79.0 Å². The van der Waals surface area contributed by atoms with Gasteiger partial charge in [0.05, 0.1) is 10.0 Å². The molecule has 0 aliphatic heterocycles. The molecule has 42 heavy (non-hydrogen) atoms. The van der Waals surface area contributed by atoms with Gasteiger partial charge < -0.3 is 29.2 Å². The van der Waals surface area contributed by atoms with E-state index in [-0.39, 0.29) is 10.9 Å². The molecule has 0 saturated heterocycles. The van der Waals surface area contributed by atoms with Crippen LogP contribution in [0.1, 0.15) is 13.8 Å². The first-order valence-electron chi connectivity index (χ1n) is 12.0. The van der Waals surface area contributed by atoms with Crippen molar-refractivity contribution in [3.05, 3.63) is 99.9 Å². The minimum atomic E-state index is -1.07. The Labute approximate surface area is 254 Å². The first kappa shape index (κ1) is 32.3. The molecule has 4 aromatic rings. The molecule has 0 fully saturated rings. The summed E-state index contributed by atoms with van der Waals surface area (Å²) >= 11 is 17.4. The summed E-state index contributed by atoms with van der Waals surface area (Å²) in [6, 6.07) is 18.7. The third-order valence-electron chi connectivity index (χ3n) is 5.08. The van der Waals surface area contributed by atoms with Crippen LogP contribution < -0.4 is 18.9 Å². The van der Waals surface area contributed by atoms with E-state index >= 15 is 0 Å². The minimum absolute atomic E-state index is 0.172. The highest BCUT2D eigenvalue weighted by atomic mass is 35.5. The number of benzene rings is 3. The van der Waals surface area contributed by atoms with Crippen molar-refractivity contribution in [2.75, 3.05) is 0 Å². The number of halogens is 4. The molecule has 0 saturated carbocycles. The average molecular weight is 639 g/mol. The standard InChI is InChI=1S/C15H12Cl2O4.C14H11ClFNO4/c1-9(15(18)19)20-11-3-5-12(6-4-11)21-14-7-2-10(16)8-13(14)17;1-8(14(18)19)20-10-2-4-11(5-3-10)21-13-12(16)6-9(15)7-17-13/h2-9H,1H3,(H,18,19);2-8H,1H3,(H,18,19)/t;8-/m.1/s1. The molecule has 1 heterocycles. The Morgan fingerprint density at radius 1 is 0.714 bits per heavy atom. The van der Waals surface area contributed by atoms with Crippen LogP contribution in [0.3, 0.4) is 0 Å². The van der Waals surface area contributed by atoms with Crippen LogP contribution in [0.5, 0.6) is 34.6 Å². The summed E-state index contributed by atoms with van der Waals surface area (Å²) < 4.78 is 34.8. The number of carboxylic acids is 2. The molecular formula is C29H23Cl3FNO8. The zero-order chi connectivity index (χ0) is 30.8. The van der Waals surface area contributed by atoms with Crippen molar-refractivity contribution in [3.8, 4) is 34.6 Å². The van der Waals surface area contributed by atoms with E-state index in [2.05, 4.69) is 4.98 Å². The number of aromatic nitrogens is 1. The highest BCUT2D eigenvalue weighted by Crippen LogP contribution is 2.32.